The zero-order valence-corrected chi connectivity index (χ0v) is 21.5. The Bertz CT molecular complexity index is 1160. The number of nitrogens with one attached hydrogen (secondary N) is 2. The predicted octanol–water partition coefficient (Wildman–Crippen LogP) is 5.69. The van der Waals surface area contributed by atoms with Gasteiger partial charge in [-0.1, -0.05) is 24.3 Å². The molecule has 4 rings (SSSR count). The summed E-state index contributed by atoms with van der Waals surface area (Å²) >= 11 is 1.63. The van der Waals surface area contributed by atoms with Crippen molar-refractivity contribution in [3.8, 4) is 22.4 Å². The summed E-state index contributed by atoms with van der Waals surface area (Å²) in [5, 5.41) is 10.2. The number of thiophene rings is 1. The standard InChI is InChI=1S/C28H34N4O2S/c1-18(33)31-23-10-4-19(5-11-23)14-26(34)32-24-15-25(21-12-13-35-17-21)27(30-16-24)20-6-8-22(9-7-20)28(2,3)29/h6-9,12-13,15-17,19,23H,4-5,10-11,14,29H2,1-3H3,(H,31,33)(H,32,34)/t19-,23-. The van der Waals surface area contributed by atoms with E-state index in [0.29, 0.717) is 18.0 Å². The summed E-state index contributed by atoms with van der Waals surface area (Å²) in [6, 6.07) is 12.5. The molecule has 0 atom stereocenters. The molecule has 2 amide bonds. The number of rotatable bonds is 7. The molecule has 0 aliphatic heterocycles. The third kappa shape index (κ3) is 6.55. The highest BCUT2D eigenvalue weighted by Gasteiger charge is 2.24. The summed E-state index contributed by atoms with van der Waals surface area (Å²) < 4.78 is 0. The van der Waals surface area contributed by atoms with Gasteiger partial charge in [0, 0.05) is 36.1 Å². The van der Waals surface area contributed by atoms with Crippen LogP contribution in [0.15, 0.2) is 53.4 Å². The highest BCUT2D eigenvalue weighted by atomic mass is 32.1. The molecule has 1 aliphatic rings. The maximum Gasteiger partial charge on any atom is 0.224 e. The first-order valence-corrected chi connectivity index (χ1v) is 13.1. The van der Waals surface area contributed by atoms with Gasteiger partial charge in [0.25, 0.3) is 0 Å². The molecule has 1 aliphatic carbocycles. The molecule has 2 heterocycles. The van der Waals surface area contributed by atoms with Gasteiger partial charge >= 0.3 is 0 Å². The van der Waals surface area contributed by atoms with E-state index in [-0.39, 0.29) is 17.9 Å². The number of benzene rings is 1. The van der Waals surface area contributed by atoms with Crippen LogP contribution in [0.3, 0.4) is 0 Å². The predicted molar refractivity (Wildman–Crippen MR) is 143 cm³/mol. The van der Waals surface area contributed by atoms with Crippen molar-refractivity contribution in [2.45, 2.75) is 64.5 Å². The van der Waals surface area contributed by atoms with Crippen molar-refractivity contribution in [2.24, 2.45) is 11.7 Å². The molecule has 1 aromatic carbocycles. The zero-order valence-electron chi connectivity index (χ0n) is 20.6. The van der Waals surface area contributed by atoms with E-state index < -0.39 is 5.54 Å². The first-order valence-electron chi connectivity index (χ1n) is 12.2. The molecular weight excluding hydrogens is 456 g/mol. The Morgan fingerprint density at radius 2 is 1.80 bits per heavy atom. The van der Waals surface area contributed by atoms with Gasteiger partial charge in [0.2, 0.25) is 11.8 Å². The van der Waals surface area contributed by atoms with Gasteiger partial charge in [0.05, 0.1) is 17.6 Å². The van der Waals surface area contributed by atoms with E-state index >= 15 is 0 Å². The van der Waals surface area contributed by atoms with Gasteiger partial charge < -0.3 is 16.4 Å². The summed E-state index contributed by atoms with van der Waals surface area (Å²) in [7, 11) is 0. The number of anilines is 1. The maximum atomic E-state index is 12.8. The van der Waals surface area contributed by atoms with E-state index in [9.17, 15) is 9.59 Å². The Kier molecular flexibility index (Phi) is 7.67. The van der Waals surface area contributed by atoms with Crippen LogP contribution < -0.4 is 16.4 Å². The van der Waals surface area contributed by atoms with Crippen LogP contribution in [-0.2, 0) is 15.1 Å². The normalized spacial score (nSPS) is 18.2. The second-order valence-corrected chi connectivity index (χ2v) is 10.9. The van der Waals surface area contributed by atoms with Gasteiger partial charge in [0.15, 0.2) is 0 Å². The summed E-state index contributed by atoms with van der Waals surface area (Å²) in [6.07, 6.45) is 5.97. The highest BCUT2D eigenvalue weighted by Crippen LogP contribution is 2.35. The van der Waals surface area contributed by atoms with Gasteiger partial charge in [-0.15, -0.1) is 0 Å². The number of hydrogen-bond donors (Lipinski definition) is 3. The molecule has 0 unspecified atom stereocenters. The quantitative estimate of drug-likeness (QED) is 0.396. The SMILES string of the molecule is CC(=O)N[C@H]1CC[C@H](CC(=O)Nc2cnc(-c3ccc(C(C)(C)N)cc3)c(-c3ccsc3)c2)CC1. The molecule has 3 aromatic rings. The van der Waals surface area contributed by atoms with Crippen molar-refractivity contribution in [2.75, 3.05) is 5.32 Å². The number of amides is 2. The van der Waals surface area contributed by atoms with Crippen LogP contribution in [0.4, 0.5) is 5.69 Å². The number of pyridine rings is 1. The number of carbonyl (C=O) groups is 2. The molecular formula is C28H34N4O2S. The maximum absolute atomic E-state index is 12.8. The smallest absolute Gasteiger partial charge is 0.224 e. The van der Waals surface area contributed by atoms with E-state index in [0.717, 1.165) is 53.6 Å². The summed E-state index contributed by atoms with van der Waals surface area (Å²) in [6.45, 7) is 5.53. The van der Waals surface area contributed by atoms with Crippen molar-refractivity contribution in [1.29, 1.82) is 0 Å². The van der Waals surface area contributed by atoms with E-state index in [2.05, 4.69) is 34.2 Å². The third-order valence-corrected chi connectivity index (χ3v) is 7.32. The molecule has 35 heavy (non-hydrogen) atoms. The second kappa shape index (κ2) is 10.7. The molecule has 184 valence electrons. The number of hydrogen-bond acceptors (Lipinski definition) is 5. The third-order valence-electron chi connectivity index (χ3n) is 6.63. The Labute approximate surface area is 211 Å². The minimum absolute atomic E-state index is 0.00771. The number of nitrogens with two attached hydrogens (primary N) is 1. The lowest BCUT2D eigenvalue weighted by atomic mass is 9.84. The second-order valence-electron chi connectivity index (χ2n) is 10.1. The monoisotopic (exact) mass is 490 g/mol. The average molecular weight is 491 g/mol. The van der Waals surface area contributed by atoms with Crippen molar-refractivity contribution >= 4 is 28.8 Å². The zero-order chi connectivity index (χ0) is 25.0. The van der Waals surface area contributed by atoms with E-state index in [1.807, 2.05) is 37.4 Å². The summed E-state index contributed by atoms with van der Waals surface area (Å²) in [4.78, 5) is 28.8. The highest BCUT2D eigenvalue weighted by molar-refractivity contribution is 7.08. The molecule has 0 bridgehead atoms. The first-order chi connectivity index (χ1) is 16.7. The Morgan fingerprint density at radius 3 is 2.40 bits per heavy atom. The van der Waals surface area contributed by atoms with Crippen LogP contribution in [0.5, 0.6) is 0 Å². The average Bonchev–Trinajstić information content (AvgIpc) is 3.34. The van der Waals surface area contributed by atoms with E-state index in [1.165, 1.54) is 0 Å². The van der Waals surface area contributed by atoms with E-state index in [1.54, 1.807) is 24.5 Å². The van der Waals surface area contributed by atoms with Gasteiger partial charge in [-0.3, -0.25) is 14.6 Å². The fourth-order valence-corrected chi connectivity index (χ4v) is 5.39. The van der Waals surface area contributed by atoms with Crippen molar-refractivity contribution in [3.05, 3.63) is 58.9 Å². The molecule has 6 nitrogen and oxygen atoms in total. The number of carbonyl (C=O) groups excluding carboxylic acids is 2. The van der Waals surface area contributed by atoms with Gasteiger partial charge in [-0.05, 0) is 79.5 Å². The largest absolute Gasteiger partial charge is 0.354 e. The van der Waals surface area contributed by atoms with Gasteiger partial charge in [0.1, 0.15) is 0 Å². The van der Waals surface area contributed by atoms with E-state index in [4.69, 9.17) is 10.7 Å². The minimum atomic E-state index is -0.403. The van der Waals surface area contributed by atoms with Crippen LogP contribution in [0.2, 0.25) is 0 Å². The summed E-state index contributed by atoms with van der Waals surface area (Å²) in [5.41, 5.74) is 11.5. The molecule has 1 fully saturated rings. The van der Waals surface area contributed by atoms with Crippen molar-refractivity contribution in [3.63, 3.8) is 0 Å². The fourth-order valence-electron chi connectivity index (χ4n) is 4.73. The fraction of sp³-hybridized carbons (Fsp3) is 0.393. The van der Waals surface area contributed by atoms with Gasteiger partial charge in [-0.25, -0.2) is 0 Å². The molecule has 0 radical (unpaired) electrons. The Balaban J connectivity index is 1.47. The summed E-state index contributed by atoms with van der Waals surface area (Å²) in [5.74, 6) is 0.366. The van der Waals surface area contributed by atoms with Crippen LogP contribution in [-0.4, -0.2) is 22.8 Å². The lowest BCUT2D eigenvalue weighted by Gasteiger charge is -2.28. The topological polar surface area (TPSA) is 97.1 Å². The molecule has 0 spiro atoms. The molecule has 2 aromatic heterocycles. The molecule has 7 heteroatoms. The lowest BCUT2D eigenvalue weighted by molar-refractivity contribution is -0.120. The van der Waals surface area contributed by atoms with Crippen LogP contribution >= 0.6 is 11.3 Å². The molecule has 1 saturated carbocycles. The Morgan fingerprint density at radius 1 is 1.09 bits per heavy atom. The van der Waals surface area contributed by atoms with Crippen molar-refractivity contribution < 1.29 is 9.59 Å². The number of aromatic nitrogens is 1. The molecule has 0 saturated heterocycles. The first kappa shape index (κ1) is 25.1. The minimum Gasteiger partial charge on any atom is -0.354 e. The lowest BCUT2D eigenvalue weighted by Crippen LogP contribution is -2.36. The Hall–Kier alpha value is -3.03. The van der Waals surface area contributed by atoms with Crippen molar-refractivity contribution in [1.82, 2.24) is 10.3 Å². The van der Waals surface area contributed by atoms with Crippen LogP contribution in [0, 0.1) is 5.92 Å². The van der Waals surface area contributed by atoms with Crippen LogP contribution in [0.1, 0.15) is 58.4 Å². The van der Waals surface area contributed by atoms with Gasteiger partial charge in [-0.2, -0.15) is 11.3 Å². The molecule has 4 N–H and O–H groups in total. The number of nitrogens with zero attached hydrogens (tertiary/aromatic N) is 1. The van der Waals surface area contributed by atoms with Crippen LogP contribution in [0.25, 0.3) is 22.4 Å².